The third kappa shape index (κ3) is 3.71. The fourth-order valence-electron chi connectivity index (χ4n) is 3.51. The third-order valence-corrected chi connectivity index (χ3v) is 4.99. The summed E-state index contributed by atoms with van der Waals surface area (Å²) in [6, 6.07) is 13.8. The number of aryl methyl sites for hydroxylation is 2. The molecule has 7 nitrogen and oxygen atoms in total. The van der Waals surface area contributed by atoms with Crippen LogP contribution in [0.15, 0.2) is 52.9 Å². The number of amides is 1. The zero-order valence-corrected chi connectivity index (χ0v) is 16.2. The fourth-order valence-corrected chi connectivity index (χ4v) is 3.51. The number of carbonyl (C=O) groups is 1. The summed E-state index contributed by atoms with van der Waals surface area (Å²) in [5.74, 6) is 1.16. The first-order chi connectivity index (χ1) is 13.9. The number of anilines is 1. The smallest absolute Gasteiger partial charge is 0.293 e. The number of nitro groups is 1. The van der Waals surface area contributed by atoms with E-state index >= 15 is 0 Å². The van der Waals surface area contributed by atoms with Crippen molar-refractivity contribution >= 4 is 17.3 Å². The Morgan fingerprint density at radius 3 is 2.76 bits per heavy atom. The van der Waals surface area contributed by atoms with Crippen molar-refractivity contribution in [3.8, 4) is 5.75 Å². The number of ether oxygens (including phenoxy) is 1. The Bertz CT molecular complexity index is 1100. The highest BCUT2D eigenvalue weighted by Gasteiger charge is 2.29. The fraction of sp³-hybridized carbons (Fsp3) is 0.227. The van der Waals surface area contributed by atoms with Gasteiger partial charge in [-0.25, -0.2) is 0 Å². The molecule has 2 heterocycles. The maximum absolute atomic E-state index is 12.9. The van der Waals surface area contributed by atoms with Crippen LogP contribution < -0.4 is 9.64 Å². The lowest BCUT2D eigenvalue weighted by Crippen LogP contribution is -2.28. The van der Waals surface area contributed by atoms with E-state index in [4.69, 9.17) is 9.15 Å². The highest BCUT2D eigenvalue weighted by Crippen LogP contribution is 2.33. The Balaban J connectivity index is 1.48. The van der Waals surface area contributed by atoms with Crippen molar-refractivity contribution in [1.82, 2.24) is 0 Å². The molecule has 0 unspecified atom stereocenters. The van der Waals surface area contributed by atoms with Gasteiger partial charge in [-0.05, 0) is 49.6 Å². The average Bonchev–Trinajstić information content (AvgIpc) is 3.33. The van der Waals surface area contributed by atoms with Gasteiger partial charge in [0.25, 0.3) is 11.6 Å². The molecule has 1 aliphatic heterocycles. The lowest BCUT2D eigenvalue weighted by atomic mass is 10.1. The molecule has 0 spiro atoms. The molecule has 1 aliphatic rings. The number of furan rings is 1. The number of non-ortho nitro benzene ring substituents is 1. The van der Waals surface area contributed by atoms with Crippen LogP contribution in [-0.4, -0.2) is 17.4 Å². The van der Waals surface area contributed by atoms with Crippen molar-refractivity contribution in [2.75, 3.05) is 11.4 Å². The van der Waals surface area contributed by atoms with E-state index in [1.54, 1.807) is 18.2 Å². The normalized spacial score (nSPS) is 12.7. The van der Waals surface area contributed by atoms with Crippen LogP contribution in [0.2, 0.25) is 0 Å². The molecule has 3 aromatic rings. The van der Waals surface area contributed by atoms with E-state index in [0.29, 0.717) is 24.4 Å². The van der Waals surface area contributed by atoms with Crippen LogP contribution >= 0.6 is 0 Å². The maximum Gasteiger partial charge on any atom is 0.293 e. The van der Waals surface area contributed by atoms with Crippen molar-refractivity contribution in [3.63, 3.8) is 0 Å². The standard InChI is InChI=1S/C22H20N2O5/c1-14-3-7-20(15(2)11-14)28-13-18-6-8-21(29-18)22(25)23-10-9-16-4-5-17(24(26)27)12-19(16)23/h3-8,11-12H,9-10,13H2,1-2H3. The van der Waals surface area contributed by atoms with Crippen molar-refractivity contribution < 1.29 is 18.9 Å². The monoisotopic (exact) mass is 392 g/mol. The molecule has 0 aliphatic carbocycles. The van der Waals surface area contributed by atoms with Crippen LogP contribution in [0.3, 0.4) is 0 Å². The molecule has 7 heteroatoms. The van der Waals surface area contributed by atoms with E-state index in [2.05, 4.69) is 0 Å². The Kier molecular flexibility index (Phi) is 4.80. The van der Waals surface area contributed by atoms with Crippen LogP contribution in [0.25, 0.3) is 0 Å². The Morgan fingerprint density at radius 1 is 1.17 bits per heavy atom. The Morgan fingerprint density at radius 2 is 2.00 bits per heavy atom. The van der Waals surface area contributed by atoms with Gasteiger partial charge in [0.2, 0.25) is 0 Å². The lowest BCUT2D eigenvalue weighted by Gasteiger charge is -2.15. The molecule has 0 saturated heterocycles. The van der Waals surface area contributed by atoms with Crippen molar-refractivity contribution in [3.05, 3.63) is 86.9 Å². The van der Waals surface area contributed by atoms with Gasteiger partial charge in [0.05, 0.1) is 10.6 Å². The van der Waals surface area contributed by atoms with Gasteiger partial charge in [0, 0.05) is 18.7 Å². The minimum atomic E-state index is -0.462. The summed E-state index contributed by atoms with van der Waals surface area (Å²) in [4.78, 5) is 25.0. The number of nitrogens with zero attached hydrogens (tertiary/aromatic N) is 2. The molecule has 1 aromatic heterocycles. The summed E-state index contributed by atoms with van der Waals surface area (Å²) in [6.45, 7) is 4.67. The highest BCUT2D eigenvalue weighted by molar-refractivity contribution is 6.05. The van der Waals surface area contributed by atoms with Crippen LogP contribution in [0.1, 0.15) is 33.0 Å². The van der Waals surface area contributed by atoms with E-state index in [-0.39, 0.29) is 24.0 Å². The molecule has 1 amide bonds. The molecular formula is C22H20N2O5. The molecule has 0 radical (unpaired) electrons. The maximum atomic E-state index is 12.9. The number of hydrogen-bond donors (Lipinski definition) is 0. The van der Waals surface area contributed by atoms with Gasteiger partial charge in [0.1, 0.15) is 18.1 Å². The van der Waals surface area contributed by atoms with E-state index in [9.17, 15) is 14.9 Å². The van der Waals surface area contributed by atoms with Gasteiger partial charge in [-0.15, -0.1) is 0 Å². The number of nitro benzene ring substituents is 1. The summed E-state index contributed by atoms with van der Waals surface area (Å²) in [6.07, 6.45) is 0.655. The number of carbonyl (C=O) groups excluding carboxylic acids is 1. The summed E-state index contributed by atoms with van der Waals surface area (Å²) < 4.78 is 11.5. The molecular weight excluding hydrogens is 372 g/mol. The summed E-state index contributed by atoms with van der Waals surface area (Å²) >= 11 is 0. The number of rotatable bonds is 5. The van der Waals surface area contributed by atoms with E-state index in [1.807, 2.05) is 32.0 Å². The predicted octanol–water partition coefficient (Wildman–Crippen LogP) is 4.59. The zero-order chi connectivity index (χ0) is 20.5. The molecule has 148 valence electrons. The SMILES string of the molecule is Cc1ccc(OCc2ccc(C(=O)N3CCc4ccc([N+](=O)[O-])cc43)o2)c(C)c1. The quantitative estimate of drug-likeness (QED) is 0.468. The number of hydrogen-bond acceptors (Lipinski definition) is 5. The third-order valence-electron chi connectivity index (χ3n) is 4.99. The molecule has 4 rings (SSSR count). The Hall–Kier alpha value is -3.61. The molecule has 2 aromatic carbocycles. The molecule has 0 N–H and O–H groups in total. The van der Waals surface area contributed by atoms with Gasteiger partial charge in [0.15, 0.2) is 5.76 Å². The van der Waals surface area contributed by atoms with E-state index in [1.165, 1.54) is 17.0 Å². The molecule has 0 saturated carbocycles. The van der Waals surface area contributed by atoms with Gasteiger partial charge < -0.3 is 14.1 Å². The lowest BCUT2D eigenvalue weighted by molar-refractivity contribution is -0.384. The van der Waals surface area contributed by atoms with Crippen LogP contribution in [0, 0.1) is 24.0 Å². The number of benzene rings is 2. The first-order valence-corrected chi connectivity index (χ1v) is 9.30. The van der Waals surface area contributed by atoms with Crippen molar-refractivity contribution in [1.29, 1.82) is 0 Å². The van der Waals surface area contributed by atoms with Gasteiger partial charge in [-0.3, -0.25) is 14.9 Å². The minimum Gasteiger partial charge on any atom is -0.485 e. The second-order valence-corrected chi connectivity index (χ2v) is 7.10. The highest BCUT2D eigenvalue weighted by atomic mass is 16.6. The first kappa shape index (κ1) is 18.7. The van der Waals surface area contributed by atoms with E-state index < -0.39 is 4.92 Å². The second-order valence-electron chi connectivity index (χ2n) is 7.10. The topological polar surface area (TPSA) is 85.8 Å². The Labute approximate surface area is 167 Å². The second kappa shape index (κ2) is 7.43. The predicted molar refractivity (Wildman–Crippen MR) is 107 cm³/mol. The summed E-state index contributed by atoms with van der Waals surface area (Å²) in [5, 5.41) is 11.1. The zero-order valence-electron chi connectivity index (χ0n) is 16.2. The summed E-state index contributed by atoms with van der Waals surface area (Å²) in [5.41, 5.74) is 3.63. The van der Waals surface area contributed by atoms with Crippen molar-refractivity contribution in [2.24, 2.45) is 0 Å². The summed E-state index contributed by atoms with van der Waals surface area (Å²) in [7, 11) is 0. The van der Waals surface area contributed by atoms with Gasteiger partial charge in [-0.2, -0.15) is 0 Å². The van der Waals surface area contributed by atoms with Crippen molar-refractivity contribution in [2.45, 2.75) is 26.9 Å². The molecule has 29 heavy (non-hydrogen) atoms. The molecule has 0 fully saturated rings. The largest absolute Gasteiger partial charge is 0.485 e. The average molecular weight is 392 g/mol. The van der Waals surface area contributed by atoms with Gasteiger partial charge >= 0.3 is 0 Å². The molecule has 0 atom stereocenters. The molecule has 0 bridgehead atoms. The number of fused-ring (bicyclic) bond motifs is 1. The minimum absolute atomic E-state index is 0.0366. The van der Waals surface area contributed by atoms with Gasteiger partial charge in [-0.1, -0.05) is 23.8 Å². The first-order valence-electron chi connectivity index (χ1n) is 9.30. The van der Waals surface area contributed by atoms with Crippen LogP contribution in [0.4, 0.5) is 11.4 Å². The van der Waals surface area contributed by atoms with E-state index in [0.717, 1.165) is 22.4 Å². The van der Waals surface area contributed by atoms with Crippen LogP contribution in [-0.2, 0) is 13.0 Å². The van der Waals surface area contributed by atoms with Crippen LogP contribution in [0.5, 0.6) is 5.75 Å².